The molecular formula is C20H26N8S. The van der Waals surface area contributed by atoms with Gasteiger partial charge in [0.2, 0.25) is 11.9 Å². The van der Waals surface area contributed by atoms with Crippen LogP contribution in [0.1, 0.15) is 32.1 Å². The molecule has 3 aromatic rings. The van der Waals surface area contributed by atoms with Gasteiger partial charge in [-0.2, -0.15) is 9.67 Å². The van der Waals surface area contributed by atoms with Crippen LogP contribution in [0, 0.1) is 5.92 Å². The number of anilines is 4. The fraction of sp³-hybridized carbons (Fsp3) is 0.400. The first-order valence-electron chi connectivity index (χ1n) is 9.93. The van der Waals surface area contributed by atoms with Gasteiger partial charge in [-0.05, 0) is 37.1 Å². The summed E-state index contributed by atoms with van der Waals surface area (Å²) in [6.07, 6.45) is 8.44. The smallest absolute Gasteiger partial charge is 0.244 e. The van der Waals surface area contributed by atoms with Crippen molar-refractivity contribution in [1.82, 2.24) is 24.7 Å². The number of nitrogens with two attached hydrogens (primary N) is 1. The topological polar surface area (TPSA) is 107 Å². The Kier molecular flexibility index (Phi) is 6.14. The SMILES string of the molecule is CSc1nc(Nc2ccccc2)cc(-n2nc(NCC3CCCCC3)nc2N)n1. The molecule has 4 rings (SSSR count). The summed E-state index contributed by atoms with van der Waals surface area (Å²) in [4.78, 5) is 13.5. The number of rotatable bonds is 7. The van der Waals surface area contributed by atoms with Gasteiger partial charge in [0.25, 0.3) is 0 Å². The summed E-state index contributed by atoms with van der Waals surface area (Å²) < 4.78 is 1.56. The van der Waals surface area contributed by atoms with Gasteiger partial charge < -0.3 is 16.4 Å². The minimum absolute atomic E-state index is 0.299. The average Bonchev–Trinajstić information content (AvgIpc) is 3.14. The van der Waals surface area contributed by atoms with E-state index in [4.69, 9.17) is 5.73 Å². The van der Waals surface area contributed by atoms with Crippen LogP contribution in [0.15, 0.2) is 41.6 Å². The first-order valence-corrected chi connectivity index (χ1v) is 11.2. The Morgan fingerprint density at radius 2 is 1.90 bits per heavy atom. The van der Waals surface area contributed by atoms with E-state index in [-0.39, 0.29) is 0 Å². The fourth-order valence-corrected chi connectivity index (χ4v) is 3.92. The maximum Gasteiger partial charge on any atom is 0.244 e. The van der Waals surface area contributed by atoms with Gasteiger partial charge in [0.05, 0.1) is 0 Å². The third-order valence-corrected chi connectivity index (χ3v) is 5.59. The molecule has 4 N–H and O–H groups in total. The predicted octanol–water partition coefficient (Wildman–Crippen LogP) is 4.10. The van der Waals surface area contributed by atoms with E-state index in [0.29, 0.717) is 34.6 Å². The molecule has 0 radical (unpaired) electrons. The summed E-state index contributed by atoms with van der Waals surface area (Å²) in [6.45, 7) is 0.879. The monoisotopic (exact) mass is 410 g/mol. The number of nitrogens with one attached hydrogen (secondary N) is 2. The van der Waals surface area contributed by atoms with Crippen molar-refractivity contribution in [1.29, 1.82) is 0 Å². The summed E-state index contributed by atoms with van der Waals surface area (Å²) in [6, 6.07) is 11.7. The molecule has 0 saturated heterocycles. The van der Waals surface area contributed by atoms with E-state index in [0.717, 1.165) is 12.2 Å². The molecule has 0 atom stereocenters. The lowest BCUT2D eigenvalue weighted by molar-refractivity contribution is 0.373. The van der Waals surface area contributed by atoms with Crippen LogP contribution in [0.25, 0.3) is 5.82 Å². The molecule has 0 spiro atoms. The first-order chi connectivity index (χ1) is 14.2. The number of nitrogen functional groups attached to an aromatic ring is 1. The molecule has 0 bridgehead atoms. The highest BCUT2D eigenvalue weighted by molar-refractivity contribution is 7.98. The summed E-state index contributed by atoms with van der Waals surface area (Å²) in [5.41, 5.74) is 7.09. The zero-order chi connectivity index (χ0) is 20.1. The number of benzene rings is 1. The van der Waals surface area contributed by atoms with E-state index in [9.17, 15) is 0 Å². The van der Waals surface area contributed by atoms with Crippen molar-refractivity contribution < 1.29 is 0 Å². The minimum Gasteiger partial charge on any atom is -0.368 e. The van der Waals surface area contributed by atoms with E-state index in [1.807, 2.05) is 42.7 Å². The Balaban J connectivity index is 1.53. The summed E-state index contributed by atoms with van der Waals surface area (Å²) >= 11 is 1.46. The van der Waals surface area contributed by atoms with E-state index >= 15 is 0 Å². The zero-order valence-corrected chi connectivity index (χ0v) is 17.3. The molecule has 2 heterocycles. The highest BCUT2D eigenvalue weighted by Crippen LogP contribution is 2.24. The van der Waals surface area contributed by atoms with Gasteiger partial charge in [-0.1, -0.05) is 49.2 Å². The van der Waals surface area contributed by atoms with E-state index in [1.165, 1.54) is 43.9 Å². The van der Waals surface area contributed by atoms with Gasteiger partial charge in [-0.15, -0.1) is 5.10 Å². The van der Waals surface area contributed by atoms with Crippen LogP contribution >= 0.6 is 11.8 Å². The normalized spacial score (nSPS) is 14.7. The van der Waals surface area contributed by atoms with Crippen molar-refractivity contribution in [2.75, 3.05) is 29.2 Å². The van der Waals surface area contributed by atoms with E-state index < -0.39 is 0 Å². The average molecular weight is 411 g/mol. The Labute approximate surface area is 174 Å². The largest absolute Gasteiger partial charge is 0.368 e. The van der Waals surface area contributed by atoms with Crippen molar-refractivity contribution in [3.63, 3.8) is 0 Å². The predicted molar refractivity (Wildman–Crippen MR) is 118 cm³/mol. The second-order valence-corrected chi connectivity index (χ2v) is 7.95. The first kappa shape index (κ1) is 19.5. The van der Waals surface area contributed by atoms with Crippen molar-refractivity contribution in [2.45, 2.75) is 37.3 Å². The van der Waals surface area contributed by atoms with Gasteiger partial charge in [0.15, 0.2) is 11.0 Å². The quantitative estimate of drug-likeness (QED) is 0.395. The molecule has 8 nitrogen and oxygen atoms in total. The van der Waals surface area contributed by atoms with Gasteiger partial charge >= 0.3 is 0 Å². The van der Waals surface area contributed by atoms with Crippen LogP contribution < -0.4 is 16.4 Å². The molecule has 2 aromatic heterocycles. The van der Waals surface area contributed by atoms with Gasteiger partial charge in [-0.25, -0.2) is 9.97 Å². The Morgan fingerprint density at radius 3 is 2.66 bits per heavy atom. The molecule has 0 unspecified atom stereocenters. The number of nitrogens with zero attached hydrogens (tertiary/aromatic N) is 5. The lowest BCUT2D eigenvalue weighted by atomic mass is 9.89. The molecule has 9 heteroatoms. The molecule has 152 valence electrons. The number of hydrogen-bond acceptors (Lipinski definition) is 8. The maximum atomic E-state index is 6.14. The summed E-state index contributed by atoms with van der Waals surface area (Å²) in [5.74, 6) is 2.78. The zero-order valence-electron chi connectivity index (χ0n) is 16.5. The summed E-state index contributed by atoms with van der Waals surface area (Å²) in [5, 5.41) is 11.8. The minimum atomic E-state index is 0.299. The van der Waals surface area contributed by atoms with Gasteiger partial charge in [0.1, 0.15) is 5.82 Å². The third kappa shape index (κ3) is 4.97. The molecule has 1 aliphatic rings. The highest BCUT2D eigenvalue weighted by atomic mass is 32.2. The number of hydrogen-bond donors (Lipinski definition) is 3. The molecule has 29 heavy (non-hydrogen) atoms. The Hall–Kier alpha value is -2.81. The van der Waals surface area contributed by atoms with Crippen LogP contribution in [-0.2, 0) is 0 Å². The van der Waals surface area contributed by atoms with E-state index in [1.54, 1.807) is 4.68 Å². The van der Waals surface area contributed by atoms with Crippen LogP contribution in [0.3, 0.4) is 0 Å². The third-order valence-electron chi connectivity index (χ3n) is 5.04. The van der Waals surface area contributed by atoms with Crippen molar-refractivity contribution in [3.8, 4) is 5.82 Å². The molecular weight excluding hydrogens is 384 g/mol. The fourth-order valence-electron chi connectivity index (χ4n) is 3.54. The molecule has 1 aliphatic carbocycles. The number of thioether (sulfide) groups is 1. The van der Waals surface area contributed by atoms with E-state index in [2.05, 4.69) is 30.7 Å². The van der Waals surface area contributed by atoms with Crippen LogP contribution in [0.4, 0.5) is 23.4 Å². The molecule has 1 aromatic carbocycles. The van der Waals surface area contributed by atoms with Crippen LogP contribution in [0.5, 0.6) is 0 Å². The Bertz CT molecular complexity index is 937. The molecule has 0 amide bonds. The maximum absolute atomic E-state index is 6.14. The number of aromatic nitrogens is 5. The Morgan fingerprint density at radius 1 is 1.10 bits per heavy atom. The van der Waals surface area contributed by atoms with Crippen molar-refractivity contribution >= 4 is 35.2 Å². The number of para-hydroxylation sites is 1. The van der Waals surface area contributed by atoms with Crippen molar-refractivity contribution in [2.24, 2.45) is 5.92 Å². The second-order valence-electron chi connectivity index (χ2n) is 7.18. The standard InChI is InChI=1S/C20H26N8S/c1-29-20-24-16(23-15-10-6-3-7-11-15)12-17(25-20)28-18(21)26-19(27-28)22-13-14-8-4-2-5-9-14/h3,6-7,10-12,14H,2,4-5,8-9,13H2,1H3,(H,23,24,25)(H3,21,22,26,27). The molecule has 1 saturated carbocycles. The lowest BCUT2D eigenvalue weighted by Crippen LogP contribution is -2.17. The van der Waals surface area contributed by atoms with Crippen LogP contribution in [-0.4, -0.2) is 37.5 Å². The second kappa shape index (κ2) is 9.13. The van der Waals surface area contributed by atoms with Gasteiger partial charge in [-0.3, -0.25) is 0 Å². The summed E-state index contributed by atoms with van der Waals surface area (Å²) in [7, 11) is 0. The molecule has 1 fully saturated rings. The highest BCUT2D eigenvalue weighted by Gasteiger charge is 2.16. The van der Waals surface area contributed by atoms with Crippen molar-refractivity contribution in [3.05, 3.63) is 36.4 Å². The lowest BCUT2D eigenvalue weighted by Gasteiger charge is -2.21. The molecule has 0 aliphatic heterocycles. The van der Waals surface area contributed by atoms with Gasteiger partial charge in [0, 0.05) is 18.3 Å². The van der Waals surface area contributed by atoms with Crippen LogP contribution in [0.2, 0.25) is 0 Å².